The summed E-state index contributed by atoms with van der Waals surface area (Å²) < 4.78 is 1.10. The second kappa shape index (κ2) is 5.30. The van der Waals surface area contributed by atoms with Gasteiger partial charge in [0.2, 0.25) is 0 Å². The van der Waals surface area contributed by atoms with E-state index in [9.17, 15) is 5.11 Å². The summed E-state index contributed by atoms with van der Waals surface area (Å²) in [5, 5.41) is 13.3. The first-order valence-electron chi connectivity index (χ1n) is 5.86. The Hall–Kier alpha value is -0.380. The molecular weight excluding hydrogens is 266 g/mol. The van der Waals surface area contributed by atoms with E-state index in [1.165, 1.54) is 5.56 Å². The first kappa shape index (κ1) is 12.1. The quantitative estimate of drug-likeness (QED) is 0.894. The highest BCUT2D eigenvalue weighted by atomic mass is 79.9. The maximum absolute atomic E-state index is 9.76. The third-order valence-corrected chi connectivity index (χ3v) is 3.84. The zero-order valence-electron chi connectivity index (χ0n) is 9.49. The molecule has 88 valence electrons. The largest absolute Gasteiger partial charge is 0.392 e. The van der Waals surface area contributed by atoms with E-state index >= 15 is 0 Å². The zero-order valence-corrected chi connectivity index (χ0v) is 11.1. The van der Waals surface area contributed by atoms with Gasteiger partial charge in [-0.3, -0.25) is 0 Å². The second-order valence-electron chi connectivity index (χ2n) is 4.54. The minimum Gasteiger partial charge on any atom is -0.392 e. The molecule has 1 aliphatic carbocycles. The molecule has 0 aliphatic heterocycles. The molecule has 0 bridgehead atoms. The van der Waals surface area contributed by atoms with Crippen molar-refractivity contribution in [1.29, 1.82) is 0 Å². The van der Waals surface area contributed by atoms with Crippen LogP contribution in [0, 0.1) is 0 Å². The van der Waals surface area contributed by atoms with Crippen molar-refractivity contribution >= 4 is 15.9 Å². The summed E-state index contributed by atoms with van der Waals surface area (Å²) in [4.78, 5) is 0. The molecule has 0 heterocycles. The van der Waals surface area contributed by atoms with E-state index in [0.717, 1.165) is 23.7 Å². The van der Waals surface area contributed by atoms with Crippen LogP contribution in [0.25, 0.3) is 0 Å². The Morgan fingerprint density at radius 3 is 2.56 bits per heavy atom. The van der Waals surface area contributed by atoms with Gasteiger partial charge in [0.05, 0.1) is 6.10 Å². The molecule has 0 spiro atoms. The van der Waals surface area contributed by atoms with Crippen LogP contribution >= 0.6 is 15.9 Å². The van der Waals surface area contributed by atoms with Crippen molar-refractivity contribution in [2.24, 2.45) is 0 Å². The first-order valence-corrected chi connectivity index (χ1v) is 6.65. The molecule has 3 atom stereocenters. The van der Waals surface area contributed by atoms with Gasteiger partial charge in [0.25, 0.3) is 0 Å². The number of benzene rings is 1. The van der Waals surface area contributed by atoms with E-state index in [0.29, 0.717) is 6.04 Å². The van der Waals surface area contributed by atoms with E-state index < -0.39 is 0 Å². The normalized spacial score (nSPS) is 26.9. The fourth-order valence-corrected chi connectivity index (χ4v) is 2.57. The van der Waals surface area contributed by atoms with Crippen LogP contribution in [0.3, 0.4) is 0 Å². The summed E-state index contributed by atoms with van der Waals surface area (Å²) in [7, 11) is 0. The van der Waals surface area contributed by atoms with Crippen LogP contribution in [-0.4, -0.2) is 17.3 Å². The van der Waals surface area contributed by atoms with Crippen LogP contribution in [0.1, 0.15) is 37.8 Å². The minimum absolute atomic E-state index is 0.169. The Morgan fingerprint density at radius 1 is 1.31 bits per heavy atom. The van der Waals surface area contributed by atoms with E-state index in [4.69, 9.17) is 0 Å². The molecule has 2 unspecified atom stereocenters. The molecule has 2 nitrogen and oxygen atoms in total. The summed E-state index contributed by atoms with van der Waals surface area (Å²) in [5.41, 5.74) is 1.27. The van der Waals surface area contributed by atoms with Crippen LogP contribution < -0.4 is 5.32 Å². The zero-order chi connectivity index (χ0) is 11.5. The summed E-state index contributed by atoms with van der Waals surface area (Å²) >= 11 is 3.43. The van der Waals surface area contributed by atoms with Gasteiger partial charge in [-0.2, -0.15) is 0 Å². The van der Waals surface area contributed by atoms with Gasteiger partial charge in [0.15, 0.2) is 0 Å². The Balaban J connectivity index is 1.97. The molecule has 1 aliphatic rings. The molecule has 1 aromatic carbocycles. The molecule has 0 saturated heterocycles. The Morgan fingerprint density at radius 2 is 2.00 bits per heavy atom. The standard InChI is InChI=1S/C13H18BrNO/c1-9(10-5-7-11(14)8-6-10)15-12-3-2-4-13(12)16/h5-9,12-13,15-16H,2-4H2,1H3/t9-,12?,13?/m0/s1. The molecule has 0 aromatic heterocycles. The highest BCUT2D eigenvalue weighted by molar-refractivity contribution is 9.10. The van der Waals surface area contributed by atoms with E-state index in [2.05, 4.69) is 52.4 Å². The maximum Gasteiger partial charge on any atom is 0.0693 e. The van der Waals surface area contributed by atoms with Crippen molar-refractivity contribution < 1.29 is 5.11 Å². The smallest absolute Gasteiger partial charge is 0.0693 e. The molecule has 1 fully saturated rings. The van der Waals surface area contributed by atoms with Gasteiger partial charge in [-0.25, -0.2) is 0 Å². The SMILES string of the molecule is C[C@H](NC1CCCC1O)c1ccc(Br)cc1. The van der Waals surface area contributed by atoms with Crippen LogP contribution in [0.4, 0.5) is 0 Å². The number of aliphatic hydroxyl groups is 1. The van der Waals surface area contributed by atoms with Gasteiger partial charge in [-0.15, -0.1) is 0 Å². The third-order valence-electron chi connectivity index (χ3n) is 3.31. The number of nitrogens with one attached hydrogen (secondary N) is 1. The lowest BCUT2D eigenvalue weighted by Crippen LogP contribution is -2.37. The van der Waals surface area contributed by atoms with Crippen molar-refractivity contribution in [1.82, 2.24) is 5.32 Å². The molecule has 2 N–H and O–H groups in total. The van der Waals surface area contributed by atoms with Crippen LogP contribution in [0.15, 0.2) is 28.7 Å². The maximum atomic E-state index is 9.76. The molecule has 0 radical (unpaired) electrons. The molecular formula is C13H18BrNO. The summed E-state index contributed by atoms with van der Waals surface area (Å²) in [5.74, 6) is 0. The first-order chi connectivity index (χ1) is 7.66. The van der Waals surface area contributed by atoms with Crippen molar-refractivity contribution in [2.45, 2.75) is 44.4 Å². The number of halogens is 1. The van der Waals surface area contributed by atoms with Gasteiger partial charge in [0.1, 0.15) is 0 Å². The van der Waals surface area contributed by atoms with Crippen molar-refractivity contribution in [2.75, 3.05) is 0 Å². The Kier molecular flexibility index (Phi) is 4.00. The number of hydrogen-bond acceptors (Lipinski definition) is 2. The summed E-state index contributed by atoms with van der Waals surface area (Å²) in [6.07, 6.45) is 2.98. The van der Waals surface area contributed by atoms with Gasteiger partial charge in [-0.05, 0) is 43.9 Å². The molecule has 1 saturated carbocycles. The molecule has 1 aromatic rings. The lowest BCUT2D eigenvalue weighted by molar-refractivity contribution is 0.144. The summed E-state index contributed by atoms with van der Waals surface area (Å²) in [6, 6.07) is 8.90. The van der Waals surface area contributed by atoms with Crippen molar-refractivity contribution in [3.63, 3.8) is 0 Å². The van der Waals surface area contributed by atoms with E-state index in [1.807, 2.05) is 0 Å². The van der Waals surface area contributed by atoms with Gasteiger partial charge in [0, 0.05) is 16.6 Å². The average Bonchev–Trinajstić information content (AvgIpc) is 2.65. The molecule has 2 rings (SSSR count). The highest BCUT2D eigenvalue weighted by Crippen LogP contribution is 2.23. The van der Waals surface area contributed by atoms with Gasteiger partial charge < -0.3 is 10.4 Å². The fraction of sp³-hybridized carbons (Fsp3) is 0.538. The topological polar surface area (TPSA) is 32.3 Å². The molecule has 16 heavy (non-hydrogen) atoms. The lowest BCUT2D eigenvalue weighted by atomic mass is 10.1. The monoisotopic (exact) mass is 283 g/mol. The number of hydrogen-bond donors (Lipinski definition) is 2. The van der Waals surface area contributed by atoms with Crippen molar-refractivity contribution in [3.05, 3.63) is 34.3 Å². The van der Waals surface area contributed by atoms with E-state index in [1.54, 1.807) is 0 Å². The van der Waals surface area contributed by atoms with E-state index in [-0.39, 0.29) is 12.1 Å². The van der Waals surface area contributed by atoms with Gasteiger partial charge >= 0.3 is 0 Å². The minimum atomic E-state index is -0.169. The van der Waals surface area contributed by atoms with Crippen molar-refractivity contribution in [3.8, 4) is 0 Å². The van der Waals surface area contributed by atoms with Crippen LogP contribution in [0.5, 0.6) is 0 Å². The summed E-state index contributed by atoms with van der Waals surface area (Å²) in [6.45, 7) is 2.15. The molecule has 3 heteroatoms. The Labute approximate surface area is 105 Å². The number of rotatable bonds is 3. The average molecular weight is 284 g/mol. The predicted molar refractivity (Wildman–Crippen MR) is 69.3 cm³/mol. The van der Waals surface area contributed by atoms with Crippen LogP contribution in [-0.2, 0) is 0 Å². The van der Waals surface area contributed by atoms with Crippen LogP contribution in [0.2, 0.25) is 0 Å². The lowest BCUT2D eigenvalue weighted by Gasteiger charge is -2.22. The second-order valence-corrected chi connectivity index (χ2v) is 5.46. The fourth-order valence-electron chi connectivity index (χ4n) is 2.30. The van der Waals surface area contributed by atoms with Gasteiger partial charge in [-0.1, -0.05) is 28.1 Å². The predicted octanol–water partition coefficient (Wildman–Crippen LogP) is 3.01. The molecule has 0 amide bonds. The Bertz CT molecular complexity index is 338. The number of aliphatic hydroxyl groups excluding tert-OH is 1. The highest BCUT2D eigenvalue weighted by Gasteiger charge is 2.26. The third kappa shape index (κ3) is 2.84.